The van der Waals surface area contributed by atoms with E-state index >= 15 is 0 Å². The van der Waals surface area contributed by atoms with Crippen molar-refractivity contribution in [1.29, 1.82) is 0 Å². The third-order valence-electron chi connectivity index (χ3n) is 3.71. The maximum Gasteiger partial charge on any atom is 0.123 e. The quantitative estimate of drug-likeness (QED) is 0.785. The molecule has 0 unspecified atom stereocenters. The van der Waals surface area contributed by atoms with Crippen molar-refractivity contribution in [3.05, 3.63) is 65.5 Å². The second kappa shape index (κ2) is 8.54. The molecule has 1 atom stereocenters. The maximum absolute atomic E-state index is 13.5. The van der Waals surface area contributed by atoms with Gasteiger partial charge in [0.25, 0.3) is 0 Å². The lowest BCUT2D eigenvalue weighted by molar-refractivity contribution is 0.228. The molecular weight excluding hydrogens is 279 g/mol. The largest absolute Gasteiger partial charge is 0.489 e. The summed E-state index contributed by atoms with van der Waals surface area (Å²) >= 11 is 0. The topological polar surface area (TPSA) is 29.5 Å². The first-order valence-corrected chi connectivity index (χ1v) is 7.75. The van der Waals surface area contributed by atoms with Crippen LogP contribution in [0.1, 0.15) is 30.9 Å². The van der Waals surface area contributed by atoms with Gasteiger partial charge in [0.1, 0.15) is 18.2 Å². The molecule has 0 heterocycles. The van der Waals surface area contributed by atoms with E-state index in [0.29, 0.717) is 6.61 Å². The number of aryl methyl sites for hydroxylation is 1. The van der Waals surface area contributed by atoms with E-state index in [4.69, 9.17) is 9.84 Å². The second-order valence-corrected chi connectivity index (χ2v) is 5.71. The van der Waals surface area contributed by atoms with Crippen LogP contribution in [0.5, 0.6) is 5.75 Å². The number of halogens is 1. The van der Waals surface area contributed by atoms with Crippen molar-refractivity contribution in [1.82, 2.24) is 0 Å². The first-order chi connectivity index (χ1) is 10.7. The highest BCUT2D eigenvalue weighted by Crippen LogP contribution is 2.23. The molecule has 1 N–H and O–H groups in total. The molecule has 0 aliphatic carbocycles. The number of benzene rings is 2. The number of hydrogen-bond donors (Lipinski definition) is 1. The highest BCUT2D eigenvalue weighted by atomic mass is 19.1. The first kappa shape index (κ1) is 16.5. The Morgan fingerprint density at radius 3 is 2.64 bits per heavy atom. The van der Waals surface area contributed by atoms with Crippen molar-refractivity contribution in [2.45, 2.75) is 32.8 Å². The molecule has 3 heteroatoms. The van der Waals surface area contributed by atoms with Crippen LogP contribution in [0.2, 0.25) is 0 Å². The predicted octanol–water partition coefficient (Wildman–Crippen LogP) is 4.36. The molecule has 0 fully saturated rings. The van der Waals surface area contributed by atoms with E-state index in [1.807, 2.05) is 37.3 Å². The summed E-state index contributed by atoms with van der Waals surface area (Å²) in [5, 5.41) is 9.06. The molecule has 0 aliphatic heterocycles. The van der Waals surface area contributed by atoms with Crippen LogP contribution in [0.3, 0.4) is 0 Å². The first-order valence-electron chi connectivity index (χ1n) is 7.75. The van der Waals surface area contributed by atoms with Crippen molar-refractivity contribution in [3.63, 3.8) is 0 Å². The second-order valence-electron chi connectivity index (χ2n) is 5.71. The zero-order valence-electron chi connectivity index (χ0n) is 13.0. The van der Waals surface area contributed by atoms with Crippen LogP contribution in [0.4, 0.5) is 4.39 Å². The van der Waals surface area contributed by atoms with Gasteiger partial charge in [-0.1, -0.05) is 37.3 Å². The summed E-state index contributed by atoms with van der Waals surface area (Å²) in [7, 11) is 0. The van der Waals surface area contributed by atoms with Gasteiger partial charge in [0.2, 0.25) is 0 Å². The highest BCUT2D eigenvalue weighted by molar-refractivity contribution is 5.34. The van der Waals surface area contributed by atoms with E-state index in [1.165, 1.54) is 6.07 Å². The predicted molar refractivity (Wildman–Crippen MR) is 86.4 cm³/mol. The Balaban J connectivity index is 1.97. The minimum absolute atomic E-state index is 0.195. The number of ether oxygens (including phenoxy) is 1. The number of aliphatic hydroxyl groups excluding tert-OH is 1. The lowest BCUT2D eigenvalue weighted by Crippen LogP contribution is -2.03. The molecule has 0 amide bonds. The summed E-state index contributed by atoms with van der Waals surface area (Å²) in [6.45, 7) is 2.69. The SMILES string of the molecule is C[C@H](CO)CCCc1cc(F)ccc1OCc1ccccc1. The summed E-state index contributed by atoms with van der Waals surface area (Å²) < 4.78 is 19.3. The molecule has 0 radical (unpaired) electrons. The minimum atomic E-state index is -0.239. The van der Waals surface area contributed by atoms with Crippen LogP contribution in [-0.2, 0) is 13.0 Å². The average molecular weight is 302 g/mol. The van der Waals surface area contributed by atoms with E-state index in [0.717, 1.165) is 36.1 Å². The van der Waals surface area contributed by atoms with Crippen LogP contribution in [0.25, 0.3) is 0 Å². The third-order valence-corrected chi connectivity index (χ3v) is 3.71. The zero-order chi connectivity index (χ0) is 15.8. The summed E-state index contributed by atoms with van der Waals surface area (Å²) in [4.78, 5) is 0. The molecule has 2 aromatic rings. The Morgan fingerprint density at radius 1 is 1.14 bits per heavy atom. The lowest BCUT2D eigenvalue weighted by atomic mass is 10.0. The summed E-state index contributed by atoms with van der Waals surface area (Å²) in [6.07, 6.45) is 2.59. The van der Waals surface area contributed by atoms with Gasteiger partial charge in [-0.15, -0.1) is 0 Å². The standard InChI is InChI=1S/C19H23FO2/c1-15(13-21)6-5-9-17-12-18(20)10-11-19(17)22-14-16-7-3-2-4-8-16/h2-4,7-8,10-12,15,21H,5-6,9,13-14H2,1H3/t15-/m0/s1. The van der Waals surface area contributed by atoms with Crippen molar-refractivity contribution in [2.75, 3.05) is 6.61 Å². The monoisotopic (exact) mass is 302 g/mol. The van der Waals surface area contributed by atoms with Crippen LogP contribution < -0.4 is 4.74 Å². The van der Waals surface area contributed by atoms with Crippen molar-refractivity contribution < 1.29 is 14.2 Å². The fourth-order valence-electron chi connectivity index (χ4n) is 2.35. The zero-order valence-corrected chi connectivity index (χ0v) is 13.0. The number of hydrogen-bond acceptors (Lipinski definition) is 2. The average Bonchev–Trinajstić information content (AvgIpc) is 2.55. The van der Waals surface area contributed by atoms with Crippen LogP contribution >= 0.6 is 0 Å². The Labute approximate surface area is 131 Å². The van der Waals surface area contributed by atoms with Crippen molar-refractivity contribution in [3.8, 4) is 5.75 Å². The van der Waals surface area contributed by atoms with Crippen LogP contribution in [-0.4, -0.2) is 11.7 Å². The Bertz CT molecular complexity index is 569. The molecule has 22 heavy (non-hydrogen) atoms. The number of aliphatic hydroxyl groups is 1. The molecule has 0 saturated heterocycles. The van der Waals surface area contributed by atoms with Crippen LogP contribution in [0, 0.1) is 11.7 Å². The lowest BCUT2D eigenvalue weighted by Gasteiger charge is -2.13. The summed E-state index contributed by atoms with van der Waals surface area (Å²) in [5.74, 6) is 0.779. The van der Waals surface area contributed by atoms with E-state index < -0.39 is 0 Å². The molecule has 2 aromatic carbocycles. The molecule has 0 bridgehead atoms. The van der Waals surface area contributed by atoms with Gasteiger partial charge in [-0.2, -0.15) is 0 Å². The summed E-state index contributed by atoms with van der Waals surface area (Å²) in [5.41, 5.74) is 1.98. The molecule has 0 saturated carbocycles. The fraction of sp³-hybridized carbons (Fsp3) is 0.368. The van der Waals surface area contributed by atoms with Gasteiger partial charge < -0.3 is 9.84 Å². The Kier molecular flexibility index (Phi) is 6.41. The maximum atomic E-state index is 13.5. The molecule has 0 spiro atoms. The van der Waals surface area contributed by atoms with Gasteiger partial charge in [-0.05, 0) is 54.5 Å². The molecule has 118 valence electrons. The van der Waals surface area contributed by atoms with Gasteiger partial charge in [-0.25, -0.2) is 4.39 Å². The molecule has 0 aromatic heterocycles. The van der Waals surface area contributed by atoms with Crippen molar-refractivity contribution >= 4 is 0 Å². The number of rotatable bonds is 8. The van der Waals surface area contributed by atoms with Gasteiger partial charge in [0, 0.05) is 6.61 Å². The normalized spacial score (nSPS) is 12.1. The van der Waals surface area contributed by atoms with E-state index in [9.17, 15) is 4.39 Å². The van der Waals surface area contributed by atoms with Gasteiger partial charge in [-0.3, -0.25) is 0 Å². The fourth-order valence-corrected chi connectivity index (χ4v) is 2.35. The molecular formula is C19H23FO2. The minimum Gasteiger partial charge on any atom is -0.489 e. The molecule has 2 nitrogen and oxygen atoms in total. The summed E-state index contributed by atoms with van der Waals surface area (Å²) in [6, 6.07) is 14.6. The smallest absolute Gasteiger partial charge is 0.123 e. The molecule has 0 aliphatic rings. The highest BCUT2D eigenvalue weighted by Gasteiger charge is 2.07. The van der Waals surface area contributed by atoms with E-state index in [2.05, 4.69) is 0 Å². The van der Waals surface area contributed by atoms with Gasteiger partial charge in [0.15, 0.2) is 0 Å². The van der Waals surface area contributed by atoms with Gasteiger partial charge >= 0.3 is 0 Å². The van der Waals surface area contributed by atoms with Crippen LogP contribution in [0.15, 0.2) is 48.5 Å². The van der Waals surface area contributed by atoms with Gasteiger partial charge in [0.05, 0.1) is 0 Å². The van der Waals surface area contributed by atoms with E-state index in [1.54, 1.807) is 12.1 Å². The Morgan fingerprint density at radius 2 is 1.91 bits per heavy atom. The van der Waals surface area contributed by atoms with Crippen molar-refractivity contribution in [2.24, 2.45) is 5.92 Å². The molecule has 2 rings (SSSR count). The third kappa shape index (κ3) is 5.15. The van der Waals surface area contributed by atoms with E-state index in [-0.39, 0.29) is 18.3 Å². The Hall–Kier alpha value is -1.87.